The third kappa shape index (κ3) is 2.21. The predicted octanol–water partition coefficient (Wildman–Crippen LogP) is 1.67. The van der Waals surface area contributed by atoms with Crippen LogP contribution in [0, 0.1) is 5.92 Å². The van der Waals surface area contributed by atoms with Crippen molar-refractivity contribution in [2.45, 2.75) is 15.9 Å². The number of rotatable bonds is 3. The van der Waals surface area contributed by atoms with Crippen LogP contribution >= 0.6 is 35.0 Å². The molecule has 1 aliphatic carbocycles. The Labute approximate surface area is 89.6 Å². The quantitative estimate of drug-likeness (QED) is 0.622. The van der Waals surface area contributed by atoms with Gasteiger partial charge in [0.05, 0.1) is 0 Å². The molecular weight excluding hydrogens is 231 g/mol. The van der Waals surface area contributed by atoms with E-state index in [2.05, 4.69) is 15.2 Å². The molecule has 1 saturated carbocycles. The van der Waals surface area contributed by atoms with E-state index < -0.39 is 4.33 Å². The molecule has 0 saturated heterocycles. The average Bonchev–Trinajstić information content (AvgIpc) is 2.45. The Morgan fingerprint density at radius 2 is 2.38 bits per heavy atom. The van der Waals surface area contributed by atoms with Crippen LogP contribution in [0.5, 0.6) is 0 Å². The molecule has 0 bridgehead atoms. The predicted molar refractivity (Wildman–Crippen MR) is 54.1 cm³/mol. The first-order valence-electron chi connectivity index (χ1n) is 3.76. The lowest BCUT2D eigenvalue weighted by molar-refractivity contribution is 0.945. The summed E-state index contributed by atoms with van der Waals surface area (Å²) in [6, 6.07) is 0. The number of nitrogen functional groups attached to an aromatic ring is 1. The lowest BCUT2D eigenvalue weighted by Crippen LogP contribution is -1.93. The number of aromatic amines is 1. The van der Waals surface area contributed by atoms with Crippen molar-refractivity contribution < 1.29 is 0 Å². The zero-order valence-electron chi connectivity index (χ0n) is 6.63. The molecule has 1 aliphatic rings. The van der Waals surface area contributed by atoms with Gasteiger partial charge in [0.15, 0.2) is 0 Å². The van der Waals surface area contributed by atoms with Crippen LogP contribution in [0.4, 0.5) is 5.95 Å². The molecule has 3 N–H and O–H groups in total. The number of nitrogens with zero attached hydrogens (tertiary/aromatic N) is 2. The van der Waals surface area contributed by atoms with Gasteiger partial charge in [-0.1, -0.05) is 11.8 Å². The van der Waals surface area contributed by atoms with Crippen molar-refractivity contribution in [3.05, 3.63) is 0 Å². The second-order valence-electron chi connectivity index (χ2n) is 2.98. The largest absolute Gasteiger partial charge is 0.368 e. The first-order chi connectivity index (χ1) is 6.08. The molecule has 0 radical (unpaired) electrons. The van der Waals surface area contributed by atoms with Gasteiger partial charge in [-0.3, -0.25) is 0 Å². The summed E-state index contributed by atoms with van der Waals surface area (Å²) in [5.74, 6) is 1.52. The van der Waals surface area contributed by atoms with Crippen LogP contribution in [-0.4, -0.2) is 25.3 Å². The van der Waals surface area contributed by atoms with Crippen molar-refractivity contribution in [3.8, 4) is 0 Å². The lowest BCUT2D eigenvalue weighted by Gasteiger charge is -1.95. The van der Waals surface area contributed by atoms with E-state index in [0.29, 0.717) is 17.0 Å². The minimum absolute atomic E-state index is 0.335. The number of H-pyrrole nitrogens is 1. The summed E-state index contributed by atoms with van der Waals surface area (Å²) in [6.45, 7) is 0. The van der Waals surface area contributed by atoms with E-state index in [1.165, 1.54) is 11.8 Å². The molecule has 4 nitrogen and oxygen atoms in total. The van der Waals surface area contributed by atoms with Crippen LogP contribution < -0.4 is 5.73 Å². The molecule has 13 heavy (non-hydrogen) atoms. The zero-order chi connectivity index (χ0) is 9.47. The zero-order valence-corrected chi connectivity index (χ0v) is 8.96. The molecule has 0 aromatic carbocycles. The summed E-state index contributed by atoms with van der Waals surface area (Å²) in [5, 5.41) is 7.09. The van der Waals surface area contributed by atoms with Gasteiger partial charge in [0, 0.05) is 11.7 Å². The van der Waals surface area contributed by atoms with Gasteiger partial charge < -0.3 is 5.73 Å². The highest BCUT2D eigenvalue weighted by Gasteiger charge is 2.51. The Morgan fingerprint density at radius 3 is 2.85 bits per heavy atom. The van der Waals surface area contributed by atoms with Gasteiger partial charge >= 0.3 is 0 Å². The summed E-state index contributed by atoms with van der Waals surface area (Å²) in [6.07, 6.45) is 0.850. The monoisotopic (exact) mass is 238 g/mol. The third-order valence-electron chi connectivity index (χ3n) is 1.85. The van der Waals surface area contributed by atoms with Gasteiger partial charge in [-0.05, 0) is 6.42 Å². The summed E-state index contributed by atoms with van der Waals surface area (Å²) in [4.78, 5) is 3.95. The summed E-state index contributed by atoms with van der Waals surface area (Å²) < 4.78 is -0.519. The highest BCUT2D eigenvalue weighted by Crippen LogP contribution is 2.54. The van der Waals surface area contributed by atoms with Gasteiger partial charge in [0.25, 0.3) is 0 Å². The van der Waals surface area contributed by atoms with Crippen molar-refractivity contribution >= 4 is 40.9 Å². The standard InChI is InChI=1S/C6H8Cl2N4S/c7-6(8)1-3(6)2-13-5-10-4(9)11-12-5/h3H,1-2H2,(H3,9,10,11,12). The fourth-order valence-electron chi connectivity index (χ4n) is 0.948. The minimum Gasteiger partial charge on any atom is -0.368 e. The van der Waals surface area contributed by atoms with E-state index >= 15 is 0 Å². The Morgan fingerprint density at radius 1 is 1.69 bits per heavy atom. The fourth-order valence-corrected chi connectivity index (χ4v) is 2.68. The molecule has 1 heterocycles. The number of nitrogens with one attached hydrogen (secondary N) is 1. The van der Waals surface area contributed by atoms with Crippen LogP contribution in [0.15, 0.2) is 5.16 Å². The first kappa shape index (κ1) is 9.43. The van der Waals surface area contributed by atoms with Gasteiger partial charge in [0.2, 0.25) is 11.1 Å². The van der Waals surface area contributed by atoms with Crippen LogP contribution in [-0.2, 0) is 0 Å². The molecule has 2 rings (SSSR count). The summed E-state index contributed by atoms with van der Waals surface area (Å²) >= 11 is 13.2. The molecule has 0 aliphatic heterocycles. The molecule has 1 aromatic rings. The number of alkyl halides is 2. The molecular formula is C6H8Cl2N4S. The molecule has 0 amide bonds. The van der Waals surface area contributed by atoms with Gasteiger partial charge in [-0.2, -0.15) is 4.98 Å². The molecule has 72 valence electrons. The van der Waals surface area contributed by atoms with E-state index in [0.717, 1.165) is 12.2 Å². The Bertz CT molecular complexity index is 313. The van der Waals surface area contributed by atoms with E-state index in [1.807, 2.05) is 0 Å². The van der Waals surface area contributed by atoms with Crippen molar-refractivity contribution in [1.82, 2.24) is 15.2 Å². The van der Waals surface area contributed by atoms with Crippen LogP contribution in [0.25, 0.3) is 0 Å². The number of halogens is 2. The van der Waals surface area contributed by atoms with Crippen molar-refractivity contribution in [1.29, 1.82) is 0 Å². The third-order valence-corrected chi connectivity index (χ3v) is 3.79. The van der Waals surface area contributed by atoms with Crippen molar-refractivity contribution in [3.63, 3.8) is 0 Å². The molecule has 1 fully saturated rings. The number of aromatic nitrogens is 3. The minimum atomic E-state index is -0.519. The second-order valence-corrected chi connectivity index (χ2v) is 5.51. The van der Waals surface area contributed by atoms with Crippen LogP contribution in [0.3, 0.4) is 0 Å². The SMILES string of the molecule is Nc1nc(SCC2CC2(Cl)Cl)n[nH]1. The smallest absolute Gasteiger partial charge is 0.216 e. The van der Waals surface area contributed by atoms with Gasteiger partial charge in [-0.25, -0.2) is 5.10 Å². The number of hydrogen-bond donors (Lipinski definition) is 2. The number of nitrogens with two attached hydrogens (primary N) is 1. The molecule has 1 atom stereocenters. The highest BCUT2D eigenvalue weighted by molar-refractivity contribution is 7.99. The van der Waals surface area contributed by atoms with E-state index in [9.17, 15) is 0 Å². The summed E-state index contributed by atoms with van der Waals surface area (Å²) in [7, 11) is 0. The maximum Gasteiger partial charge on any atom is 0.216 e. The maximum atomic E-state index is 5.86. The normalized spacial score (nSPS) is 24.6. The van der Waals surface area contributed by atoms with Gasteiger partial charge in [-0.15, -0.1) is 28.3 Å². The topological polar surface area (TPSA) is 67.6 Å². The fraction of sp³-hybridized carbons (Fsp3) is 0.667. The maximum absolute atomic E-state index is 5.86. The average molecular weight is 239 g/mol. The second kappa shape index (κ2) is 3.22. The van der Waals surface area contributed by atoms with Crippen LogP contribution in [0.2, 0.25) is 0 Å². The Balaban J connectivity index is 1.81. The number of anilines is 1. The van der Waals surface area contributed by atoms with E-state index in [1.54, 1.807) is 0 Å². The Kier molecular flexibility index (Phi) is 2.33. The first-order valence-corrected chi connectivity index (χ1v) is 5.50. The van der Waals surface area contributed by atoms with Crippen LogP contribution in [0.1, 0.15) is 6.42 Å². The number of thioether (sulfide) groups is 1. The molecule has 0 spiro atoms. The van der Waals surface area contributed by atoms with Gasteiger partial charge in [0.1, 0.15) is 4.33 Å². The molecule has 7 heteroatoms. The van der Waals surface area contributed by atoms with E-state index in [4.69, 9.17) is 28.9 Å². The Hall–Kier alpha value is -0.130. The highest BCUT2D eigenvalue weighted by atomic mass is 35.5. The lowest BCUT2D eigenvalue weighted by atomic mass is 10.5. The van der Waals surface area contributed by atoms with Crippen molar-refractivity contribution in [2.75, 3.05) is 11.5 Å². The van der Waals surface area contributed by atoms with E-state index in [-0.39, 0.29) is 0 Å². The summed E-state index contributed by atoms with van der Waals surface area (Å²) in [5.41, 5.74) is 5.36. The molecule has 1 aromatic heterocycles. The number of hydrogen-bond acceptors (Lipinski definition) is 4. The van der Waals surface area contributed by atoms with Crippen molar-refractivity contribution in [2.24, 2.45) is 5.92 Å². The molecule has 1 unspecified atom stereocenters.